The summed E-state index contributed by atoms with van der Waals surface area (Å²) in [6.45, 7) is 11.1. The van der Waals surface area contributed by atoms with Gasteiger partial charge in [0.15, 0.2) is 0 Å². The van der Waals surface area contributed by atoms with Crippen molar-refractivity contribution in [2.24, 2.45) is 0 Å². The third-order valence-electron chi connectivity index (χ3n) is 9.01. The fraction of sp³-hybridized carbons (Fsp3) is 0.571. The fourth-order valence-corrected chi connectivity index (χ4v) is 5.74. The molecule has 2 unspecified atom stereocenters. The van der Waals surface area contributed by atoms with Crippen molar-refractivity contribution in [1.82, 2.24) is 21.3 Å². The van der Waals surface area contributed by atoms with Crippen molar-refractivity contribution in [3.05, 3.63) is 90.0 Å². The van der Waals surface area contributed by atoms with Crippen LogP contribution in [-0.2, 0) is 38.3 Å². The van der Waals surface area contributed by atoms with Crippen molar-refractivity contribution in [1.29, 1.82) is 0 Å². The predicted octanol–water partition coefficient (Wildman–Crippen LogP) is 5.17. The Bertz CT molecular complexity index is 1750. The lowest BCUT2D eigenvalue weighted by atomic mass is 10.1. The molecule has 2 aromatic rings. The van der Waals surface area contributed by atoms with E-state index < -0.39 is 45.4 Å². The Labute approximate surface area is 382 Å². The highest BCUT2D eigenvalue weighted by atomic mass is 35.5. The number of carbonyl (C=O) groups excluding carboxylic acids is 4. The number of unbranched alkanes of at least 4 members (excludes halogenated alkanes) is 2. The maximum Gasteiger partial charge on any atom is 0.331 e. The molecular formula is C42H60Cl2N6O14. The molecule has 0 aromatic heterocycles. The number of aryl methyl sites for hydroxylation is 2. The fourth-order valence-electron chi connectivity index (χ4n) is 5.39. The van der Waals surface area contributed by atoms with Crippen LogP contribution in [0.2, 0.25) is 10.0 Å². The quantitative estimate of drug-likeness (QED) is 0.0242. The molecule has 2 aromatic carbocycles. The molecule has 0 saturated heterocycles. The highest BCUT2D eigenvalue weighted by Gasteiger charge is 2.25. The van der Waals surface area contributed by atoms with E-state index >= 15 is 0 Å². The van der Waals surface area contributed by atoms with Crippen LogP contribution in [0, 0.1) is 34.1 Å². The number of hydrogen-bond donors (Lipinski definition) is 4. The highest BCUT2D eigenvalue weighted by molar-refractivity contribution is 6.32. The van der Waals surface area contributed by atoms with Gasteiger partial charge in [0.05, 0.1) is 23.3 Å². The molecule has 22 heteroatoms. The molecule has 2 rings (SSSR count). The third-order valence-corrected chi connectivity index (χ3v) is 9.63. The number of esters is 2. The molecule has 0 spiro atoms. The summed E-state index contributed by atoms with van der Waals surface area (Å²) in [5.41, 5.74) is 0.389. The zero-order chi connectivity index (χ0) is 47.7. The summed E-state index contributed by atoms with van der Waals surface area (Å²) in [6, 6.07) is 10.4. The molecule has 0 saturated carbocycles. The second-order valence-corrected chi connectivity index (χ2v) is 16.9. The van der Waals surface area contributed by atoms with Crippen molar-refractivity contribution in [3.8, 4) is 11.5 Å². The summed E-state index contributed by atoms with van der Waals surface area (Å²) in [5.74, 6) is -1.52. The lowest BCUT2D eigenvalue weighted by molar-refractivity contribution is -0.757. The molecule has 4 N–H and O–H groups in total. The standard InChI is InChI=1S/C42H60Cl2N6O14/c1-29-13-15-33(43)35(21-29)59-25-31(23-47-41(3,4)27-45-37(51)11-7-9-19-61-49(55)56)63-39(53)17-18-40(54)64-32(26-60-36-22-30(2)14-16-34(36)44)24-48-42(5,6)28-46-38(52)12-8-10-20-62-50(57)58/h13-18,21-22,31-32,47-48H,7-12,19-20,23-28H2,1-6H3,(H,45,51)(H,46,52)/b18-17+. The molecule has 0 fully saturated rings. The van der Waals surface area contributed by atoms with Crippen molar-refractivity contribution >= 4 is 47.0 Å². The van der Waals surface area contributed by atoms with E-state index in [9.17, 15) is 39.4 Å². The Hall–Kier alpha value is -5.44. The van der Waals surface area contributed by atoms with Gasteiger partial charge in [0.25, 0.3) is 10.2 Å². The van der Waals surface area contributed by atoms with Crippen LogP contribution in [0.5, 0.6) is 11.5 Å². The first-order valence-corrected chi connectivity index (χ1v) is 21.3. The van der Waals surface area contributed by atoms with E-state index in [1.807, 2.05) is 53.7 Å². The lowest BCUT2D eigenvalue weighted by Crippen LogP contribution is -2.52. The summed E-state index contributed by atoms with van der Waals surface area (Å²) < 4.78 is 23.3. The first kappa shape index (κ1) is 54.7. The van der Waals surface area contributed by atoms with Crippen LogP contribution in [-0.4, -0.2) is 110 Å². The summed E-state index contributed by atoms with van der Waals surface area (Å²) in [6.07, 6.45) is 1.80. The number of halogens is 2. The normalized spacial score (nSPS) is 12.4. The van der Waals surface area contributed by atoms with Gasteiger partial charge in [0, 0.05) is 62.3 Å². The zero-order valence-electron chi connectivity index (χ0n) is 37.0. The van der Waals surface area contributed by atoms with Crippen LogP contribution in [0.4, 0.5) is 0 Å². The second-order valence-electron chi connectivity index (χ2n) is 16.1. The Morgan fingerprint density at radius 1 is 0.656 bits per heavy atom. The van der Waals surface area contributed by atoms with Crippen LogP contribution in [0.3, 0.4) is 0 Å². The van der Waals surface area contributed by atoms with Gasteiger partial charge in [-0.3, -0.25) is 9.59 Å². The maximum atomic E-state index is 13.1. The van der Waals surface area contributed by atoms with Crippen LogP contribution < -0.4 is 30.7 Å². The minimum Gasteiger partial charge on any atom is -0.488 e. The topological polar surface area (TPSA) is 258 Å². The molecule has 0 radical (unpaired) electrons. The number of nitrogens with zero attached hydrogens (tertiary/aromatic N) is 2. The maximum absolute atomic E-state index is 13.1. The van der Waals surface area contributed by atoms with Gasteiger partial charge in [0.2, 0.25) is 11.8 Å². The smallest absolute Gasteiger partial charge is 0.331 e. The number of amides is 2. The van der Waals surface area contributed by atoms with Gasteiger partial charge in [-0.25, -0.2) is 9.59 Å². The van der Waals surface area contributed by atoms with Crippen LogP contribution >= 0.6 is 23.2 Å². The SMILES string of the molecule is Cc1ccc(Cl)c(OCC(CNC(C)(C)CNC(=O)CCCCO[N+](=O)[O-])OC(=O)/C=C/C(=O)OC(CNC(C)(C)CNC(=O)CCCCO[N+](=O)[O-])COc2cc(C)ccc2Cl)c1. The average Bonchev–Trinajstić information content (AvgIpc) is 3.22. The molecule has 64 heavy (non-hydrogen) atoms. The highest BCUT2D eigenvalue weighted by Crippen LogP contribution is 2.26. The van der Waals surface area contributed by atoms with Gasteiger partial charge in [-0.15, -0.1) is 20.2 Å². The van der Waals surface area contributed by atoms with Crippen molar-refractivity contribution in [2.75, 3.05) is 52.6 Å². The summed E-state index contributed by atoms with van der Waals surface area (Å²) in [7, 11) is 0. The second kappa shape index (κ2) is 28.4. The van der Waals surface area contributed by atoms with E-state index in [0.717, 1.165) is 23.3 Å². The molecular weight excluding hydrogens is 883 g/mol. The van der Waals surface area contributed by atoms with Crippen LogP contribution in [0.15, 0.2) is 48.6 Å². The van der Waals surface area contributed by atoms with E-state index in [0.29, 0.717) is 47.2 Å². The summed E-state index contributed by atoms with van der Waals surface area (Å²) in [5, 5.41) is 31.7. The number of rotatable bonds is 32. The third kappa shape index (κ3) is 25.0. The summed E-state index contributed by atoms with van der Waals surface area (Å²) in [4.78, 5) is 80.2. The number of benzene rings is 2. The van der Waals surface area contributed by atoms with E-state index in [1.54, 1.807) is 24.3 Å². The minimum atomic E-state index is -0.906. The van der Waals surface area contributed by atoms with Crippen molar-refractivity contribution in [2.45, 2.75) is 103 Å². The molecule has 2 amide bonds. The zero-order valence-corrected chi connectivity index (χ0v) is 38.6. The van der Waals surface area contributed by atoms with Gasteiger partial charge in [-0.2, -0.15) is 0 Å². The number of hydrogen-bond acceptors (Lipinski definition) is 16. The number of ether oxygens (including phenoxy) is 4. The van der Waals surface area contributed by atoms with E-state index in [1.165, 1.54) is 0 Å². The largest absolute Gasteiger partial charge is 0.488 e. The van der Waals surface area contributed by atoms with E-state index in [4.69, 9.17) is 42.1 Å². The molecule has 356 valence electrons. The Balaban J connectivity index is 2.08. The number of carbonyl (C=O) groups is 4. The Kier molecular flexibility index (Phi) is 24.2. The molecule has 0 heterocycles. The Morgan fingerprint density at radius 3 is 1.39 bits per heavy atom. The lowest BCUT2D eigenvalue weighted by Gasteiger charge is -2.29. The molecule has 0 aliphatic rings. The summed E-state index contributed by atoms with van der Waals surface area (Å²) >= 11 is 12.7. The molecule has 0 aliphatic carbocycles. The molecule has 0 aliphatic heterocycles. The average molecular weight is 944 g/mol. The van der Waals surface area contributed by atoms with Crippen LogP contribution in [0.25, 0.3) is 0 Å². The number of nitrogens with one attached hydrogen (secondary N) is 4. The first-order valence-electron chi connectivity index (χ1n) is 20.6. The van der Waals surface area contributed by atoms with E-state index in [2.05, 4.69) is 30.9 Å². The Morgan fingerprint density at radius 2 is 1.03 bits per heavy atom. The first-order chi connectivity index (χ1) is 30.1. The monoisotopic (exact) mass is 942 g/mol. The van der Waals surface area contributed by atoms with Crippen LogP contribution in [0.1, 0.15) is 77.3 Å². The van der Waals surface area contributed by atoms with Crippen molar-refractivity contribution in [3.63, 3.8) is 0 Å². The molecule has 20 nitrogen and oxygen atoms in total. The van der Waals surface area contributed by atoms with Gasteiger partial charge in [-0.05, 0) is 103 Å². The van der Waals surface area contributed by atoms with Gasteiger partial charge in [0.1, 0.15) is 36.9 Å². The van der Waals surface area contributed by atoms with Gasteiger partial charge >= 0.3 is 11.9 Å². The van der Waals surface area contributed by atoms with Gasteiger partial charge in [-0.1, -0.05) is 35.3 Å². The predicted molar refractivity (Wildman–Crippen MR) is 236 cm³/mol. The van der Waals surface area contributed by atoms with Crippen molar-refractivity contribution < 1.29 is 58.0 Å². The van der Waals surface area contributed by atoms with E-state index in [-0.39, 0.29) is 77.3 Å². The minimum absolute atomic E-state index is 0.0658. The molecule has 0 bridgehead atoms. The molecule has 2 atom stereocenters. The van der Waals surface area contributed by atoms with Gasteiger partial charge < -0.3 is 49.9 Å².